The van der Waals surface area contributed by atoms with Crippen molar-refractivity contribution in [2.24, 2.45) is 0 Å². The van der Waals surface area contributed by atoms with E-state index < -0.39 is 5.97 Å². The molecule has 1 aromatic carbocycles. The van der Waals surface area contributed by atoms with Crippen LogP contribution in [0.5, 0.6) is 0 Å². The van der Waals surface area contributed by atoms with E-state index in [2.05, 4.69) is 56.2 Å². The van der Waals surface area contributed by atoms with E-state index in [0.29, 0.717) is 30.7 Å². The van der Waals surface area contributed by atoms with Crippen LogP contribution in [0.3, 0.4) is 0 Å². The largest absolute Gasteiger partial charge is 0.461 e. The summed E-state index contributed by atoms with van der Waals surface area (Å²) in [5.41, 5.74) is 3.51. The third-order valence-electron chi connectivity index (χ3n) is 5.20. The number of urea groups is 1. The Hall–Kier alpha value is -2.41. The molecule has 3 rings (SSSR count). The van der Waals surface area contributed by atoms with Crippen LogP contribution in [0.1, 0.15) is 85.9 Å². The fourth-order valence-corrected chi connectivity index (χ4v) is 4.22. The van der Waals surface area contributed by atoms with Gasteiger partial charge in [-0.25, -0.2) is 14.6 Å². The Balaban J connectivity index is 1.80. The number of rotatable bonds is 8. The molecule has 0 radical (unpaired) electrons. The van der Waals surface area contributed by atoms with E-state index in [1.807, 2.05) is 4.90 Å². The average Bonchev–Trinajstić information content (AvgIpc) is 3.43. The van der Waals surface area contributed by atoms with E-state index in [1.54, 1.807) is 12.3 Å². The number of nitrogens with one attached hydrogen (secondary N) is 1. The van der Waals surface area contributed by atoms with Crippen LogP contribution >= 0.6 is 11.3 Å². The smallest absolute Gasteiger partial charge is 0.357 e. The van der Waals surface area contributed by atoms with Crippen molar-refractivity contribution in [1.29, 1.82) is 0 Å². The highest BCUT2D eigenvalue weighted by Crippen LogP contribution is 2.34. The number of nitrogens with zero attached hydrogens (tertiary/aromatic N) is 2. The predicted octanol–water partition coefficient (Wildman–Crippen LogP) is 5.76. The summed E-state index contributed by atoms with van der Waals surface area (Å²) in [6.07, 6.45) is 1.98. The summed E-state index contributed by atoms with van der Waals surface area (Å²) in [6, 6.07) is 6.33. The van der Waals surface area contributed by atoms with Crippen LogP contribution < -0.4 is 5.32 Å². The molecule has 162 valence electrons. The van der Waals surface area contributed by atoms with Crippen LogP contribution in [0.4, 0.5) is 10.5 Å². The molecule has 30 heavy (non-hydrogen) atoms. The molecule has 0 aliphatic heterocycles. The van der Waals surface area contributed by atoms with Crippen LogP contribution in [0, 0.1) is 0 Å². The number of benzene rings is 1. The van der Waals surface area contributed by atoms with Gasteiger partial charge < -0.3 is 15.0 Å². The van der Waals surface area contributed by atoms with Crippen molar-refractivity contribution < 1.29 is 14.3 Å². The number of ether oxygens (including phenoxy) is 1. The van der Waals surface area contributed by atoms with Gasteiger partial charge in [-0.15, -0.1) is 11.3 Å². The Bertz CT molecular complexity index is 877. The molecule has 1 N–H and O–H groups in total. The number of anilines is 1. The highest BCUT2D eigenvalue weighted by Gasteiger charge is 2.34. The Morgan fingerprint density at radius 2 is 1.83 bits per heavy atom. The summed E-state index contributed by atoms with van der Waals surface area (Å²) >= 11 is 1.38. The van der Waals surface area contributed by atoms with Gasteiger partial charge in [0.05, 0.1) is 13.2 Å². The number of thiazole rings is 1. The first kappa shape index (κ1) is 22.3. The number of para-hydroxylation sites is 1. The first-order valence-electron chi connectivity index (χ1n) is 10.6. The van der Waals surface area contributed by atoms with Gasteiger partial charge in [0.2, 0.25) is 0 Å². The molecule has 0 bridgehead atoms. The quantitative estimate of drug-likeness (QED) is 0.541. The minimum Gasteiger partial charge on any atom is -0.461 e. The number of hydrogen-bond acceptors (Lipinski definition) is 5. The van der Waals surface area contributed by atoms with Crippen LogP contribution in [-0.4, -0.2) is 34.5 Å². The van der Waals surface area contributed by atoms with E-state index in [0.717, 1.165) is 34.7 Å². The highest BCUT2D eigenvalue weighted by atomic mass is 32.1. The second-order valence-electron chi connectivity index (χ2n) is 8.26. The summed E-state index contributed by atoms with van der Waals surface area (Å²) < 4.78 is 5.02. The molecule has 0 atom stereocenters. The van der Waals surface area contributed by atoms with Gasteiger partial charge in [0.1, 0.15) is 5.01 Å². The summed E-state index contributed by atoms with van der Waals surface area (Å²) in [5.74, 6) is 0.189. The van der Waals surface area contributed by atoms with Gasteiger partial charge in [-0.05, 0) is 42.7 Å². The zero-order chi connectivity index (χ0) is 21.8. The molecule has 0 spiro atoms. The number of amides is 2. The zero-order valence-corrected chi connectivity index (χ0v) is 19.2. The number of carbonyl (C=O) groups excluding carboxylic acids is 2. The Labute approximate surface area is 182 Å². The van der Waals surface area contributed by atoms with Gasteiger partial charge in [-0.1, -0.05) is 45.9 Å². The van der Waals surface area contributed by atoms with Crippen molar-refractivity contribution in [3.05, 3.63) is 45.4 Å². The van der Waals surface area contributed by atoms with Crippen molar-refractivity contribution in [2.75, 3.05) is 11.9 Å². The summed E-state index contributed by atoms with van der Waals surface area (Å²) in [6.45, 7) is 11.0. The van der Waals surface area contributed by atoms with Crippen molar-refractivity contribution in [3.8, 4) is 0 Å². The lowest BCUT2D eigenvalue weighted by Crippen LogP contribution is -2.36. The SMILES string of the molecule is CCOC(=O)c1csc(CN(C(=O)Nc2c(C(C)C)cccc2C(C)C)C2CC2)n1. The molecule has 1 aliphatic carbocycles. The third kappa shape index (κ3) is 5.19. The number of hydrogen-bond donors (Lipinski definition) is 1. The average molecular weight is 430 g/mol. The van der Waals surface area contributed by atoms with E-state index in [1.165, 1.54) is 11.3 Å². The Morgan fingerprint density at radius 3 is 2.37 bits per heavy atom. The molecule has 0 saturated heterocycles. The second kappa shape index (κ2) is 9.60. The summed E-state index contributed by atoms with van der Waals surface area (Å²) in [4.78, 5) is 31.4. The fourth-order valence-electron chi connectivity index (χ4n) is 3.46. The van der Waals surface area contributed by atoms with Gasteiger partial charge in [0, 0.05) is 17.1 Å². The van der Waals surface area contributed by atoms with Gasteiger partial charge >= 0.3 is 12.0 Å². The van der Waals surface area contributed by atoms with Crippen LogP contribution in [-0.2, 0) is 11.3 Å². The van der Waals surface area contributed by atoms with Crippen LogP contribution in [0.25, 0.3) is 0 Å². The van der Waals surface area contributed by atoms with Crippen molar-refractivity contribution >= 4 is 29.0 Å². The molecular formula is C23H31N3O3S. The summed E-state index contributed by atoms with van der Waals surface area (Å²) in [5, 5.41) is 5.64. The van der Waals surface area contributed by atoms with E-state index in [-0.39, 0.29) is 12.1 Å². The van der Waals surface area contributed by atoms with E-state index >= 15 is 0 Å². The standard InChI is InChI=1S/C23H31N3O3S/c1-6-29-22(27)19-13-30-20(24-19)12-26(16-10-11-16)23(28)25-21-17(14(2)3)8-7-9-18(21)15(4)5/h7-9,13-16H,6,10-12H2,1-5H3,(H,25,28). The minimum atomic E-state index is -0.421. The topological polar surface area (TPSA) is 71.5 Å². The Kier molecular flexibility index (Phi) is 7.13. The normalized spacial score (nSPS) is 13.6. The molecular weight excluding hydrogens is 398 g/mol. The molecule has 1 aliphatic rings. The summed E-state index contributed by atoms with van der Waals surface area (Å²) in [7, 11) is 0. The van der Waals surface area contributed by atoms with Crippen molar-refractivity contribution in [1.82, 2.24) is 9.88 Å². The molecule has 1 saturated carbocycles. The monoisotopic (exact) mass is 429 g/mol. The molecule has 1 heterocycles. The van der Waals surface area contributed by atoms with Gasteiger partial charge in [-0.3, -0.25) is 0 Å². The molecule has 7 heteroatoms. The molecule has 1 aromatic heterocycles. The van der Waals surface area contributed by atoms with Crippen LogP contribution in [0.15, 0.2) is 23.6 Å². The lowest BCUT2D eigenvalue weighted by Gasteiger charge is -2.25. The third-order valence-corrected chi connectivity index (χ3v) is 6.03. The number of carbonyl (C=O) groups is 2. The maximum Gasteiger partial charge on any atom is 0.357 e. The number of esters is 1. The first-order chi connectivity index (χ1) is 14.3. The highest BCUT2D eigenvalue weighted by molar-refractivity contribution is 7.09. The molecule has 2 aromatic rings. The lowest BCUT2D eigenvalue weighted by atomic mass is 9.93. The predicted molar refractivity (Wildman–Crippen MR) is 120 cm³/mol. The maximum atomic E-state index is 13.3. The second-order valence-corrected chi connectivity index (χ2v) is 9.20. The maximum absolute atomic E-state index is 13.3. The Morgan fingerprint density at radius 1 is 1.20 bits per heavy atom. The van der Waals surface area contributed by atoms with Gasteiger partial charge in [0.25, 0.3) is 0 Å². The zero-order valence-electron chi connectivity index (χ0n) is 18.4. The van der Waals surface area contributed by atoms with Gasteiger partial charge in [0.15, 0.2) is 5.69 Å². The van der Waals surface area contributed by atoms with E-state index in [9.17, 15) is 9.59 Å². The minimum absolute atomic E-state index is 0.111. The van der Waals surface area contributed by atoms with Crippen LogP contribution in [0.2, 0.25) is 0 Å². The van der Waals surface area contributed by atoms with E-state index in [4.69, 9.17) is 4.74 Å². The fraction of sp³-hybridized carbons (Fsp3) is 0.522. The molecule has 2 amide bonds. The molecule has 0 unspecified atom stereocenters. The lowest BCUT2D eigenvalue weighted by molar-refractivity contribution is 0.0520. The number of aromatic nitrogens is 1. The van der Waals surface area contributed by atoms with Gasteiger partial charge in [-0.2, -0.15) is 0 Å². The molecule has 1 fully saturated rings. The van der Waals surface area contributed by atoms with Crippen molar-refractivity contribution in [3.63, 3.8) is 0 Å². The van der Waals surface area contributed by atoms with Crippen molar-refractivity contribution in [2.45, 2.75) is 71.9 Å². The first-order valence-corrected chi connectivity index (χ1v) is 11.5. The molecule has 6 nitrogen and oxygen atoms in total.